The van der Waals surface area contributed by atoms with Crippen LogP contribution in [0.5, 0.6) is 5.75 Å². The Morgan fingerprint density at radius 3 is 2.17 bits per heavy atom. The smallest absolute Gasteiger partial charge is 0.335 e. The van der Waals surface area contributed by atoms with E-state index in [9.17, 15) is 4.79 Å². The molecule has 0 aliphatic carbocycles. The molecular weight excluding hydrogens is 300 g/mol. The number of ether oxygens (including phenoxy) is 1. The van der Waals surface area contributed by atoms with Gasteiger partial charge in [-0.3, -0.25) is 0 Å². The highest BCUT2D eigenvalue weighted by Crippen LogP contribution is 2.34. The van der Waals surface area contributed by atoms with Gasteiger partial charge in [-0.05, 0) is 53.3 Å². The van der Waals surface area contributed by atoms with Crippen molar-refractivity contribution in [1.82, 2.24) is 0 Å². The second-order valence-corrected chi connectivity index (χ2v) is 6.76. The Balaban J connectivity index is 2.47. The zero-order valence-corrected chi connectivity index (χ0v) is 14.7. The first-order chi connectivity index (χ1) is 11.2. The van der Waals surface area contributed by atoms with Gasteiger partial charge in [0.25, 0.3) is 0 Å². The summed E-state index contributed by atoms with van der Waals surface area (Å²) >= 11 is 0. The molecule has 0 aromatic heterocycles. The van der Waals surface area contributed by atoms with Crippen LogP contribution in [0.1, 0.15) is 54.7 Å². The maximum Gasteiger partial charge on any atom is 0.335 e. The third kappa shape index (κ3) is 3.85. The molecule has 0 aliphatic rings. The molecule has 0 aliphatic heterocycles. The van der Waals surface area contributed by atoms with E-state index in [4.69, 9.17) is 9.84 Å². The second-order valence-electron chi connectivity index (χ2n) is 6.76. The van der Waals surface area contributed by atoms with Gasteiger partial charge in [-0.15, -0.1) is 0 Å². The van der Waals surface area contributed by atoms with Crippen molar-refractivity contribution >= 4 is 11.5 Å². The molecule has 24 heavy (non-hydrogen) atoms. The van der Waals surface area contributed by atoms with Crippen LogP contribution in [0.3, 0.4) is 0 Å². The van der Waals surface area contributed by atoms with Gasteiger partial charge in [0.15, 0.2) is 0 Å². The summed E-state index contributed by atoms with van der Waals surface area (Å²) in [5.74, 6) is -0.144. The molecule has 2 aromatic rings. The molecule has 0 saturated carbocycles. The quantitative estimate of drug-likeness (QED) is 0.828. The average molecular weight is 324 g/mol. The van der Waals surface area contributed by atoms with Crippen molar-refractivity contribution in [3.63, 3.8) is 0 Å². The fourth-order valence-electron chi connectivity index (χ4n) is 2.48. The largest absolute Gasteiger partial charge is 0.493 e. The summed E-state index contributed by atoms with van der Waals surface area (Å²) in [6, 6.07) is 12.9. The zero-order valence-electron chi connectivity index (χ0n) is 14.7. The van der Waals surface area contributed by atoms with Crippen LogP contribution in [-0.4, -0.2) is 17.7 Å². The molecule has 2 rings (SSSR count). The van der Waals surface area contributed by atoms with Crippen molar-refractivity contribution in [3.8, 4) is 5.75 Å². The molecule has 0 saturated heterocycles. The van der Waals surface area contributed by atoms with Crippen LogP contribution in [-0.2, 0) is 5.41 Å². The second kappa shape index (κ2) is 6.91. The van der Waals surface area contributed by atoms with Crippen LogP contribution >= 0.6 is 0 Å². The minimum Gasteiger partial charge on any atom is -0.493 e. The van der Waals surface area contributed by atoms with Crippen LogP contribution in [0.2, 0.25) is 0 Å². The summed E-state index contributed by atoms with van der Waals surface area (Å²) in [6.45, 7) is 13.2. The maximum atomic E-state index is 11.0. The Labute approximate surface area is 143 Å². The number of benzene rings is 2. The number of aromatic carboxylic acids is 1. The molecular formula is C21H24O3. The average Bonchev–Trinajstić information content (AvgIpc) is 2.54. The Morgan fingerprint density at radius 2 is 1.67 bits per heavy atom. The SMILES string of the molecule is C=C(c1ccc(C(=O)O)cc1)c1cc(C(C)(C)C)ccc1OCC. The van der Waals surface area contributed by atoms with Gasteiger partial charge in [0.1, 0.15) is 5.75 Å². The van der Waals surface area contributed by atoms with E-state index in [1.807, 2.05) is 13.0 Å². The number of carbonyl (C=O) groups is 1. The van der Waals surface area contributed by atoms with Crippen molar-refractivity contribution in [3.05, 3.63) is 71.3 Å². The van der Waals surface area contributed by atoms with Gasteiger partial charge >= 0.3 is 5.97 Å². The number of carboxylic acids is 1. The Bertz CT molecular complexity index is 750. The minimum absolute atomic E-state index is 0.0208. The first-order valence-electron chi connectivity index (χ1n) is 8.04. The highest BCUT2D eigenvalue weighted by molar-refractivity contribution is 5.89. The number of carboxylic acid groups (broad SMARTS) is 1. The summed E-state index contributed by atoms with van der Waals surface area (Å²) in [5, 5.41) is 9.03. The number of rotatable bonds is 5. The molecule has 0 fully saturated rings. The third-order valence-corrected chi connectivity index (χ3v) is 3.95. The highest BCUT2D eigenvalue weighted by atomic mass is 16.5. The van der Waals surface area contributed by atoms with Crippen LogP contribution in [0, 0.1) is 0 Å². The Hall–Kier alpha value is -2.55. The van der Waals surface area contributed by atoms with Crippen LogP contribution in [0.25, 0.3) is 5.57 Å². The van der Waals surface area contributed by atoms with E-state index in [0.29, 0.717) is 6.61 Å². The summed E-state index contributed by atoms with van der Waals surface area (Å²) in [7, 11) is 0. The lowest BCUT2D eigenvalue weighted by molar-refractivity contribution is 0.0697. The molecule has 126 valence electrons. The lowest BCUT2D eigenvalue weighted by Crippen LogP contribution is -2.12. The normalized spacial score (nSPS) is 11.2. The van der Waals surface area contributed by atoms with Crippen molar-refractivity contribution in [2.75, 3.05) is 6.61 Å². The molecule has 3 nitrogen and oxygen atoms in total. The van der Waals surface area contributed by atoms with Crippen molar-refractivity contribution < 1.29 is 14.6 Å². The highest BCUT2D eigenvalue weighted by Gasteiger charge is 2.18. The van der Waals surface area contributed by atoms with Gasteiger partial charge in [-0.1, -0.05) is 45.5 Å². The topological polar surface area (TPSA) is 46.5 Å². The molecule has 0 unspecified atom stereocenters. The van der Waals surface area contributed by atoms with Crippen molar-refractivity contribution in [1.29, 1.82) is 0 Å². The van der Waals surface area contributed by atoms with Crippen LogP contribution < -0.4 is 4.74 Å². The Morgan fingerprint density at radius 1 is 1.08 bits per heavy atom. The number of hydrogen-bond donors (Lipinski definition) is 1. The molecule has 0 spiro atoms. The van der Waals surface area contributed by atoms with Crippen molar-refractivity contribution in [2.45, 2.75) is 33.1 Å². The fraction of sp³-hybridized carbons (Fsp3) is 0.286. The summed E-state index contributed by atoms with van der Waals surface area (Å²) in [6.07, 6.45) is 0. The molecule has 0 amide bonds. The van der Waals surface area contributed by atoms with Crippen molar-refractivity contribution in [2.24, 2.45) is 0 Å². The Kier molecular flexibility index (Phi) is 5.13. The summed E-state index contributed by atoms with van der Waals surface area (Å²) in [4.78, 5) is 11.0. The van der Waals surface area contributed by atoms with Crippen LogP contribution in [0.15, 0.2) is 49.0 Å². The molecule has 0 bridgehead atoms. The first-order valence-corrected chi connectivity index (χ1v) is 8.04. The molecule has 0 heterocycles. The molecule has 0 radical (unpaired) electrons. The molecule has 1 N–H and O–H groups in total. The lowest BCUT2D eigenvalue weighted by atomic mass is 9.84. The van der Waals surface area contributed by atoms with Crippen LogP contribution in [0.4, 0.5) is 0 Å². The fourth-order valence-corrected chi connectivity index (χ4v) is 2.48. The molecule has 0 atom stereocenters. The first kappa shape index (κ1) is 17.8. The van der Waals surface area contributed by atoms with Gasteiger partial charge in [-0.25, -0.2) is 4.79 Å². The molecule has 2 aromatic carbocycles. The predicted octanol–water partition coefficient (Wildman–Crippen LogP) is 5.14. The van der Waals surface area contributed by atoms with Gasteiger partial charge < -0.3 is 9.84 Å². The van der Waals surface area contributed by atoms with Gasteiger partial charge in [0, 0.05) is 5.56 Å². The standard InChI is InChI=1S/C21H24O3/c1-6-24-19-12-11-17(21(3,4)5)13-18(19)14(2)15-7-9-16(10-8-15)20(22)23/h7-13H,2,6H2,1,3-5H3,(H,22,23). The maximum absolute atomic E-state index is 11.0. The monoisotopic (exact) mass is 324 g/mol. The van der Waals surface area contributed by atoms with E-state index < -0.39 is 5.97 Å². The van der Waals surface area contributed by atoms with Gasteiger partial charge in [0.05, 0.1) is 12.2 Å². The summed E-state index contributed by atoms with van der Waals surface area (Å²) in [5.41, 5.74) is 4.12. The van der Waals surface area contributed by atoms with E-state index in [-0.39, 0.29) is 11.0 Å². The molecule has 3 heteroatoms. The summed E-state index contributed by atoms with van der Waals surface area (Å²) < 4.78 is 5.75. The van der Waals surface area contributed by atoms with E-state index >= 15 is 0 Å². The zero-order chi connectivity index (χ0) is 17.9. The minimum atomic E-state index is -0.933. The van der Waals surface area contributed by atoms with E-state index in [2.05, 4.69) is 39.5 Å². The van der Waals surface area contributed by atoms with Gasteiger partial charge in [-0.2, -0.15) is 0 Å². The predicted molar refractivity (Wildman–Crippen MR) is 97.8 cm³/mol. The number of hydrogen-bond acceptors (Lipinski definition) is 2. The lowest BCUT2D eigenvalue weighted by Gasteiger charge is -2.22. The van der Waals surface area contributed by atoms with E-state index in [1.54, 1.807) is 24.3 Å². The third-order valence-electron chi connectivity index (χ3n) is 3.95. The van der Waals surface area contributed by atoms with Gasteiger partial charge in [0.2, 0.25) is 0 Å². The van der Waals surface area contributed by atoms with E-state index in [0.717, 1.165) is 22.4 Å². The van der Waals surface area contributed by atoms with E-state index in [1.165, 1.54) is 5.56 Å².